The van der Waals surface area contributed by atoms with Crippen molar-refractivity contribution >= 4 is 23.6 Å². The van der Waals surface area contributed by atoms with Crippen LogP contribution in [-0.2, 0) is 14.9 Å². The van der Waals surface area contributed by atoms with Crippen LogP contribution in [0.5, 0.6) is 0 Å². The third kappa shape index (κ3) is 6.16. The van der Waals surface area contributed by atoms with Crippen LogP contribution < -0.4 is 5.32 Å². The topological polar surface area (TPSA) is 68.5 Å². The van der Waals surface area contributed by atoms with Gasteiger partial charge in [0.2, 0.25) is 0 Å². The fourth-order valence-corrected chi connectivity index (χ4v) is 3.50. The van der Waals surface area contributed by atoms with E-state index in [9.17, 15) is 9.59 Å². The predicted molar refractivity (Wildman–Crippen MR) is 111 cm³/mol. The molecule has 0 fully saturated rings. The molecule has 0 aliphatic rings. The molecule has 0 radical (unpaired) electrons. The van der Waals surface area contributed by atoms with Crippen molar-refractivity contribution in [1.29, 1.82) is 0 Å². The number of carbonyl (C=O) groups is 2. The van der Waals surface area contributed by atoms with Crippen LogP contribution in [0.25, 0.3) is 0 Å². The van der Waals surface area contributed by atoms with Crippen molar-refractivity contribution in [2.24, 2.45) is 0 Å². The summed E-state index contributed by atoms with van der Waals surface area (Å²) in [5.74, 6) is -0.452. The summed E-state index contributed by atoms with van der Waals surface area (Å²) in [5.41, 5.74) is 2.47. The van der Waals surface area contributed by atoms with Crippen LogP contribution in [0, 0.1) is 6.92 Å². The lowest BCUT2D eigenvalue weighted by molar-refractivity contribution is -0.143. The summed E-state index contributed by atoms with van der Waals surface area (Å²) in [4.78, 5) is 25.0. The summed E-state index contributed by atoms with van der Waals surface area (Å²) in [7, 11) is 0. The number of nitrogens with one attached hydrogen (secondary N) is 1. The third-order valence-electron chi connectivity index (χ3n) is 4.23. The molecule has 1 N–H and O–H groups in total. The van der Waals surface area contributed by atoms with E-state index < -0.39 is 0 Å². The van der Waals surface area contributed by atoms with Gasteiger partial charge in [0.05, 0.1) is 13.0 Å². The first kappa shape index (κ1) is 22.1. The Morgan fingerprint density at radius 1 is 1.21 bits per heavy atom. The Morgan fingerprint density at radius 3 is 2.57 bits per heavy atom. The average Bonchev–Trinajstić information content (AvgIpc) is 3.04. The molecule has 1 atom stereocenters. The van der Waals surface area contributed by atoms with Crippen molar-refractivity contribution in [3.63, 3.8) is 0 Å². The zero-order chi connectivity index (χ0) is 20.9. The Kier molecular flexibility index (Phi) is 7.35. The molecule has 1 aromatic heterocycles. The highest BCUT2D eigenvalue weighted by atomic mass is 32.2. The first-order valence-electron chi connectivity index (χ1n) is 9.45. The van der Waals surface area contributed by atoms with Crippen molar-refractivity contribution in [3.8, 4) is 0 Å². The number of hydrogen-bond donors (Lipinski definition) is 1. The first-order chi connectivity index (χ1) is 13.1. The second-order valence-corrected chi connectivity index (χ2v) is 8.88. The van der Waals surface area contributed by atoms with Gasteiger partial charge in [0.1, 0.15) is 0 Å². The Bertz CT molecular complexity index is 835. The molecule has 0 saturated carbocycles. The molecule has 0 spiro atoms. The molecule has 0 bridgehead atoms. The fourth-order valence-electron chi connectivity index (χ4n) is 2.60. The van der Waals surface area contributed by atoms with E-state index in [0.717, 1.165) is 10.5 Å². The SMILES string of the molecule is CCOC(=O)CC(C)NC(=O)c1ccc(Sc2cc(C(C)(C)C)ccc2C)o1. The van der Waals surface area contributed by atoms with E-state index in [2.05, 4.69) is 51.2 Å². The molecule has 1 aromatic carbocycles. The fraction of sp³-hybridized carbons (Fsp3) is 0.455. The molecule has 1 amide bonds. The standard InChI is InChI=1S/C22H29NO4S/c1-7-26-19(24)12-15(3)23-21(25)17-10-11-20(27-17)28-18-13-16(22(4,5)6)9-8-14(18)2/h8-11,13,15H,7,12H2,1-6H3,(H,23,25). The van der Waals surface area contributed by atoms with E-state index in [1.165, 1.54) is 17.3 Å². The molecule has 2 rings (SSSR count). The molecule has 1 unspecified atom stereocenters. The highest BCUT2D eigenvalue weighted by Gasteiger charge is 2.18. The third-order valence-corrected chi connectivity index (χ3v) is 5.31. The van der Waals surface area contributed by atoms with Crippen LogP contribution in [0.3, 0.4) is 0 Å². The Labute approximate surface area is 171 Å². The largest absolute Gasteiger partial charge is 0.466 e. The van der Waals surface area contributed by atoms with Crippen molar-refractivity contribution in [3.05, 3.63) is 47.2 Å². The van der Waals surface area contributed by atoms with Crippen LogP contribution in [0.1, 0.15) is 62.7 Å². The number of benzene rings is 1. The lowest BCUT2D eigenvalue weighted by Crippen LogP contribution is -2.34. The van der Waals surface area contributed by atoms with Gasteiger partial charge in [-0.3, -0.25) is 9.59 Å². The van der Waals surface area contributed by atoms with Crippen molar-refractivity contribution < 1.29 is 18.7 Å². The normalized spacial score (nSPS) is 12.5. The molecule has 0 aliphatic heterocycles. The van der Waals surface area contributed by atoms with E-state index in [0.29, 0.717) is 11.7 Å². The van der Waals surface area contributed by atoms with Crippen LogP contribution in [-0.4, -0.2) is 24.5 Å². The monoisotopic (exact) mass is 403 g/mol. The average molecular weight is 404 g/mol. The van der Waals surface area contributed by atoms with Crippen LogP contribution in [0.15, 0.2) is 44.7 Å². The number of aryl methyl sites for hydroxylation is 1. The summed E-state index contributed by atoms with van der Waals surface area (Å²) < 4.78 is 10.6. The number of ether oxygens (including phenoxy) is 1. The lowest BCUT2D eigenvalue weighted by Gasteiger charge is -2.20. The van der Waals surface area contributed by atoms with Crippen molar-refractivity contribution in [2.45, 2.75) is 69.4 Å². The maximum atomic E-state index is 12.3. The van der Waals surface area contributed by atoms with Gasteiger partial charge in [0.15, 0.2) is 10.9 Å². The van der Waals surface area contributed by atoms with Crippen molar-refractivity contribution in [2.75, 3.05) is 6.61 Å². The molecule has 28 heavy (non-hydrogen) atoms. The lowest BCUT2D eigenvalue weighted by atomic mass is 9.87. The summed E-state index contributed by atoms with van der Waals surface area (Å²) in [6, 6.07) is 9.53. The quantitative estimate of drug-likeness (QED) is 0.651. The van der Waals surface area contributed by atoms with E-state index >= 15 is 0 Å². The zero-order valence-electron chi connectivity index (χ0n) is 17.4. The minimum absolute atomic E-state index is 0.0618. The van der Waals surface area contributed by atoms with Crippen LogP contribution in [0.4, 0.5) is 0 Å². The predicted octanol–water partition coefficient (Wildman–Crippen LogP) is 5.11. The summed E-state index contributed by atoms with van der Waals surface area (Å²) in [6.07, 6.45) is 0.126. The molecule has 2 aromatic rings. The second kappa shape index (κ2) is 9.32. The molecule has 0 aliphatic carbocycles. The van der Waals surface area contributed by atoms with Crippen LogP contribution in [0.2, 0.25) is 0 Å². The summed E-state index contributed by atoms with van der Waals surface area (Å²) >= 11 is 1.50. The Morgan fingerprint density at radius 2 is 1.93 bits per heavy atom. The maximum Gasteiger partial charge on any atom is 0.307 e. The first-order valence-corrected chi connectivity index (χ1v) is 10.3. The van der Waals surface area contributed by atoms with Gasteiger partial charge in [-0.25, -0.2) is 0 Å². The molecule has 5 nitrogen and oxygen atoms in total. The molecule has 1 heterocycles. The number of rotatable bonds is 7. The smallest absolute Gasteiger partial charge is 0.307 e. The number of hydrogen-bond acceptors (Lipinski definition) is 5. The minimum Gasteiger partial charge on any atom is -0.466 e. The van der Waals surface area contributed by atoms with E-state index in [-0.39, 0.29) is 35.5 Å². The van der Waals surface area contributed by atoms with Gasteiger partial charge in [-0.15, -0.1) is 0 Å². The van der Waals surface area contributed by atoms with Gasteiger partial charge in [-0.05, 0) is 55.5 Å². The van der Waals surface area contributed by atoms with Gasteiger partial charge in [0.25, 0.3) is 5.91 Å². The summed E-state index contributed by atoms with van der Waals surface area (Å²) in [5, 5.41) is 3.41. The van der Waals surface area contributed by atoms with Crippen LogP contribution >= 0.6 is 11.8 Å². The Balaban J connectivity index is 2.04. The number of esters is 1. The Hall–Kier alpha value is -2.21. The highest BCUT2D eigenvalue weighted by Crippen LogP contribution is 2.34. The maximum absolute atomic E-state index is 12.3. The second-order valence-electron chi connectivity index (χ2n) is 7.83. The van der Waals surface area contributed by atoms with Gasteiger partial charge in [-0.2, -0.15) is 0 Å². The van der Waals surface area contributed by atoms with E-state index in [1.54, 1.807) is 26.0 Å². The molecular weight excluding hydrogens is 374 g/mol. The van der Waals surface area contributed by atoms with E-state index in [4.69, 9.17) is 9.15 Å². The van der Waals surface area contributed by atoms with Gasteiger partial charge < -0.3 is 14.5 Å². The number of amides is 1. The summed E-state index contributed by atoms with van der Waals surface area (Å²) in [6.45, 7) is 12.4. The van der Waals surface area contributed by atoms with Crippen molar-refractivity contribution in [1.82, 2.24) is 5.32 Å². The minimum atomic E-state index is -0.344. The molecule has 152 valence electrons. The van der Waals surface area contributed by atoms with Gasteiger partial charge in [-0.1, -0.05) is 44.7 Å². The van der Waals surface area contributed by atoms with Gasteiger partial charge in [0, 0.05) is 10.9 Å². The van der Waals surface area contributed by atoms with E-state index in [1.807, 2.05) is 0 Å². The number of carbonyl (C=O) groups excluding carboxylic acids is 2. The molecular formula is C22H29NO4S. The zero-order valence-corrected chi connectivity index (χ0v) is 18.2. The van der Waals surface area contributed by atoms with Gasteiger partial charge >= 0.3 is 5.97 Å². The number of furan rings is 1. The molecule has 6 heteroatoms. The highest BCUT2D eigenvalue weighted by molar-refractivity contribution is 7.99. The molecule has 0 saturated heterocycles.